The van der Waals surface area contributed by atoms with Crippen molar-refractivity contribution in [3.63, 3.8) is 0 Å². The molecule has 1 aliphatic carbocycles. The van der Waals surface area contributed by atoms with E-state index in [2.05, 4.69) is 6.92 Å². The fourth-order valence-corrected chi connectivity index (χ4v) is 3.65. The van der Waals surface area contributed by atoms with Crippen molar-refractivity contribution in [3.8, 4) is 0 Å². The van der Waals surface area contributed by atoms with Crippen molar-refractivity contribution in [3.05, 3.63) is 28.8 Å². The Bertz CT molecular complexity index is 672. The molecular weight excluding hydrogens is 306 g/mol. The number of hydrogen-bond acceptors (Lipinski definition) is 4. The third-order valence-corrected chi connectivity index (χ3v) is 4.95. The fourth-order valence-electron chi connectivity index (χ4n) is 3.45. The zero-order valence-corrected chi connectivity index (χ0v) is 12.8. The van der Waals surface area contributed by atoms with E-state index in [4.69, 9.17) is 11.6 Å². The third kappa shape index (κ3) is 2.29. The van der Waals surface area contributed by atoms with Gasteiger partial charge in [0.25, 0.3) is 0 Å². The maximum Gasteiger partial charge on any atom is 0.237 e. The van der Waals surface area contributed by atoms with Crippen LogP contribution < -0.4 is 10.0 Å². The van der Waals surface area contributed by atoms with Gasteiger partial charge in [-0.3, -0.25) is 14.5 Å². The van der Waals surface area contributed by atoms with Crippen molar-refractivity contribution in [2.24, 2.45) is 17.8 Å². The molecule has 0 aromatic heterocycles. The third-order valence-electron chi connectivity index (χ3n) is 4.62. The van der Waals surface area contributed by atoms with E-state index < -0.39 is 5.97 Å². The Morgan fingerprint density at radius 1 is 1.23 bits per heavy atom. The van der Waals surface area contributed by atoms with Crippen LogP contribution in [0.4, 0.5) is 5.69 Å². The Morgan fingerprint density at radius 2 is 1.91 bits per heavy atom. The van der Waals surface area contributed by atoms with E-state index >= 15 is 0 Å². The second kappa shape index (κ2) is 5.39. The van der Waals surface area contributed by atoms with Crippen LogP contribution in [0, 0.1) is 17.8 Å². The summed E-state index contributed by atoms with van der Waals surface area (Å²) < 4.78 is 0. The van der Waals surface area contributed by atoms with Crippen LogP contribution in [-0.4, -0.2) is 17.8 Å². The number of hydrogen-bond donors (Lipinski definition) is 0. The first-order chi connectivity index (χ1) is 10.4. The smallest absolute Gasteiger partial charge is 0.237 e. The number of carboxylic acid groups (broad SMARTS) is 1. The van der Waals surface area contributed by atoms with Crippen LogP contribution >= 0.6 is 11.6 Å². The van der Waals surface area contributed by atoms with Crippen LogP contribution in [0.5, 0.6) is 0 Å². The van der Waals surface area contributed by atoms with E-state index in [9.17, 15) is 19.5 Å². The number of anilines is 1. The molecule has 3 rings (SSSR count). The van der Waals surface area contributed by atoms with Crippen LogP contribution in [-0.2, 0) is 9.59 Å². The maximum atomic E-state index is 12.6. The highest BCUT2D eigenvalue weighted by Crippen LogP contribution is 2.42. The quantitative estimate of drug-likeness (QED) is 0.776. The lowest BCUT2D eigenvalue weighted by molar-refractivity contribution is -0.255. The first kappa shape index (κ1) is 15.0. The Labute approximate surface area is 132 Å². The molecule has 22 heavy (non-hydrogen) atoms. The van der Waals surface area contributed by atoms with Gasteiger partial charge in [-0.2, -0.15) is 0 Å². The monoisotopic (exact) mass is 320 g/mol. The van der Waals surface area contributed by atoms with Gasteiger partial charge in [-0.25, -0.2) is 0 Å². The zero-order chi connectivity index (χ0) is 16.0. The highest BCUT2D eigenvalue weighted by Gasteiger charge is 2.49. The van der Waals surface area contributed by atoms with E-state index in [1.807, 2.05) is 0 Å². The van der Waals surface area contributed by atoms with E-state index in [1.54, 1.807) is 0 Å². The van der Waals surface area contributed by atoms with Crippen molar-refractivity contribution in [2.45, 2.75) is 26.2 Å². The number of carbonyl (C=O) groups is 3. The summed E-state index contributed by atoms with van der Waals surface area (Å²) in [5.41, 5.74) is 0.0312. The minimum absolute atomic E-state index is 0.0221. The molecule has 0 N–H and O–H groups in total. The van der Waals surface area contributed by atoms with Gasteiger partial charge in [0, 0.05) is 10.6 Å². The lowest BCUT2D eigenvalue weighted by Crippen LogP contribution is -2.31. The highest BCUT2D eigenvalue weighted by atomic mass is 35.5. The van der Waals surface area contributed by atoms with E-state index in [0.717, 1.165) is 11.3 Å². The number of aromatic carboxylic acids is 1. The Kier molecular flexibility index (Phi) is 3.68. The molecule has 3 atom stereocenters. The van der Waals surface area contributed by atoms with Gasteiger partial charge in [0.05, 0.1) is 23.5 Å². The number of benzene rings is 1. The minimum atomic E-state index is -1.43. The SMILES string of the molecule is C[C@@H]1CC[C@H]2C(=O)N(c3ccc(Cl)c(C(=O)[O-])c3)C(=O)[C@@H]2C1. The predicted molar refractivity (Wildman–Crippen MR) is 78.3 cm³/mol. The van der Waals surface area contributed by atoms with Crippen molar-refractivity contribution < 1.29 is 19.5 Å². The van der Waals surface area contributed by atoms with Gasteiger partial charge in [-0.15, -0.1) is 0 Å². The summed E-state index contributed by atoms with van der Waals surface area (Å²) in [6, 6.07) is 4.09. The summed E-state index contributed by atoms with van der Waals surface area (Å²) >= 11 is 5.80. The summed E-state index contributed by atoms with van der Waals surface area (Å²) in [6.45, 7) is 2.08. The van der Waals surface area contributed by atoms with E-state index in [0.29, 0.717) is 18.8 Å². The molecule has 0 bridgehead atoms. The molecule has 0 radical (unpaired) electrons. The standard InChI is InChI=1S/C16H16ClNO4/c1-8-2-4-10-11(6-8)15(20)18(14(10)19)9-3-5-13(17)12(7-9)16(21)22/h3,5,7-8,10-11H,2,4,6H2,1H3,(H,21,22)/p-1/t8-,10-,11-/m1/s1. The molecule has 1 aromatic carbocycles. The van der Waals surface area contributed by atoms with Crippen molar-refractivity contribution in [1.82, 2.24) is 0 Å². The minimum Gasteiger partial charge on any atom is -0.545 e. The number of halogens is 1. The second-order valence-corrected chi connectivity index (χ2v) is 6.50. The van der Waals surface area contributed by atoms with Crippen LogP contribution in [0.3, 0.4) is 0 Å². The zero-order valence-electron chi connectivity index (χ0n) is 12.0. The number of nitrogens with zero attached hydrogens (tertiary/aromatic N) is 1. The summed E-state index contributed by atoms with van der Waals surface area (Å²) in [5, 5.41) is 11.1. The molecule has 1 saturated carbocycles. The average Bonchev–Trinajstić information content (AvgIpc) is 2.71. The molecule has 0 unspecified atom stereocenters. The molecule has 116 valence electrons. The van der Waals surface area contributed by atoms with Gasteiger partial charge in [0.2, 0.25) is 11.8 Å². The molecule has 6 heteroatoms. The number of imide groups is 1. The Morgan fingerprint density at radius 3 is 2.59 bits per heavy atom. The van der Waals surface area contributed by atoms with Gasteiger partial charge < -0.3 is 9.90 Å². The molecule has 2 aliphatic rings. The lowest BCUT2D eigenvalue weighted by Gasteiger charge is -2.25. The summed E-state index contributed by atoms with van der Waals surface area (Å²) in [7, 11) is 0. The van der Waals surface area contributed by atoms with Crippen molar-refractivity contribution in [1.29, 1.82) is 0 Å². The number of amides is 2. The van der Waals surface area contributed by atoms with Crippen molar-refractivity contribution >= 4 is 35.1 Å². The van der Waals surface area contributed by atoms with Gasteiger partial charge in [-0.05, 0) is 43.4 Å². The first-order valence-corrected chi connectivity index (χ1v) is 7.66. The Balaban J connectivity index is 1.98. The topological polar surface area (TPSA) is 77.5 Å². The summed E-state index contributed by atoms with van der Waals surface area (Å²) in [4.78, 5) is 37.3. The average molecular weight is 321 g/mol. The maximum absolute atomic E-state index is 12.6. The number of rotatable bonds is 2. The molecule has 5 nitrogen and oxygen atoms in total. The number of carbonyl (C=O) groups excluding carboxylic acids is 3. The lowest BCUT2D eigenvalue weighted by atomic mass is 9.76. The van der Waals surface area contributed by atoms with E-state index in [1.165, 1.54) is 18.2 Å². The number of carboxylic acids is 1. The van der Waals surface area contributed by atoms with Gasteiger partial charge in [0.15, 0.2) is 0 Å². The van der Waals surface area contributed by atoms with Crippen molar-refractivity contribution in [2.75, 3.05) is 4.90 Å². The molecule has 0 spiro atoms. The molecule has 2 amide bonds. The molecular formula is C16H15ClNO4-. The largest absolute Gasteiger partial charge is 0.545 e. The van der Waals surface area contributed by atoms with Gasteiger partial charge in [-0.1, -0.05) is 18.5 Å². The van der Waals surface area contributed by atoms with Crippen LogP contribution in [0.1, 0.15) is 36.5 Å². The van der Waals surface area contributed by atoms with Crippen LogP contribution in [0.2, 0.25) is 5.02 Å². The van der Waals surface area contributed by atoms with Crippen LogP contribution in [0.25, 0.3) is 0 Å². The van der Waals surface area contributed by atoms with Gasteiger partial charge >= 0.3 is 0 Å². The van der Waals surface area contributed by atoms with E-state index in [-0.39, 0.29) is 39.9 Å². The molecule has 1 aromatic rings. The summed E-state index contributed by atoms with van der Waals surface area (Å²) in [5.74, 6) is -2.08. The predicted octanol–water partition coefficient (Wildman–Crippen LogP) is 1.63. The summed E-state index contributed by atoms with van der Waals surface area (Å²) in [6.07, 6.45) is 2.33. The van der Waals surface area contributed by atoms with Crippen LogP contribution in [0.15, 0.2) is 18.2 Å². The normalized spacial score (nSPS) is 27.9. The molecule has 1 aliphatic heterocycles. The second-order valence-electron chi connectivity index (χ2n) is 6.09. The molecule has 1 saturated heterocycles. The van der Waals surface area contributed by atoms with Gasteiger partial charge in [0.1, 0.15) is 0 Å². The Hall–Kier alpha value is -1.88. The fraction of sp³-hybridized carbons (Fsp3) is 0.438. The highest BCUT2D eigenvalue weighted by molar-refractivity contribution is 6.33. The number of fused-ring (bicyclic) bond motifs is 1. The first-order valence-electron chi connectivity index (χ1n) is 7.29. The molecule has 1 heterocycles. The molecule has 2 fully saturated rings.